The minimum absolute atomic E-state index is 0.197. The van der Waals surface area contributed by atoms with Gasteiger partial charge in [-0.3, -0.25) is 0 Å². The van der Waals surface area contributed by atoms with E-state index in [1.54, 1.807) is 27.4 Å². The Labute approximate surface area is 226 Å². The van der Waals surface area contributed by atoms with Crippen molar-refractivity contribution in [3.8, 4) is 22.2 Å². The molecule has 1 atom stereocenters. The molecule has 3 heterocycles. The highest BCUT2D eigenvalue weighted by atomic mass is 32.1. The maximum Gasteiger partial charge on any atom is 0.323 e. The van der Waals surface area contributed by atoms with Crippen molar-refractivity contribution in [3.63, 3.8) is 0 Å². The molecule has 0 bridgehead atoms. The van der Waals surface area contributed by atoms with Gasteiger partial charge in [0.05, 0.1) is 45.3 Å². The summed E-state index contributed by atoms with van der Waals surface area (Å²) >= 11 is 1.88. The van der Waals surface area contributed by atoms with Crippen molar-refractivity contribution in [2.24, 2.45) is 0 Å². The van der Waals surface area contributed by atoms with Crippen LogP contribution >= 0.6 is 11.3 Å². The number of nitrogens with one attached hydrogen (secondary N) is 1. The first kappa shape index (κ1) is 24.4. The molecule has 4 aromatic rings. The average Bonchev–Trinajstić information content (AvgIpc) is 3.55. The van der Waals surface area contributed by atoms with E-state index >= 15 is 0 Å². The molecule has 0 radical (unpaired) electrons. The van der Waals surface area contributed by atoms with Gasteiger partial charge in [0, 0.05) is 22.7 Å². The molecule has 1 aliphatic heterocycles. The number of carbonyl (C=O) groups excluding carboxylic acids is 1. The first-order chi connectivity index (χ1) is 18.6. The summed E-state index contributed by atoms with van der Waals surface area (Å²) < 4.78 is 18.8. The third-order valence-corrected chi connectivity index (χ3v) is 8.83. The van der Waals surface area contributed by atoms with E-state index in [1.165, 1.54) is 33.8 Å². The zero-order valence-electron chi connectivity index (χ0n) is 21.8. The first-order valence-electron chi connectivity index (χ1n) is 12.9. The molecule has 2 aliphatic rings. The molecule has 0 fully saturated rings. The molecule has 0 spiro atoms. The summed E-state index contributed by atoms with van der Waals surface area (Å²) in [6.45, 7) is 0.509. The Balaban J connectivity index is 1.48. The van der Waals surface area contributed by atoms with Crippen molar-refractivity contribution in [2.45, 2.75) is 38.3 Å². The van der Waals surface area contributed by atoms with Crippen molar-refractivity contribution in [1.82, 2.24) is 9.47 Å². The highest BCUT2D eigenvalue weighted by molar-refractivity contribution is 7.15. The maximum atomic E-state index is 14.2. The Kier molecular flexibility index (Phi) is 6.49. The number of amides is 2. The highest BCUT2D eigenvalue weighted by Gasteiger charge is 2.36. The molecule has 2 aromatic carbocycles. The molecule has 0 saturated carbocycles. The van der Waals surface area contributed by atoms with Gasteiger partial charge in [0.1, 0.15) is 22.2 Å². The lowest BCUT2D eigenvalue weighted by Crippen LogP contribution is -2.38. The van der Waals surface area contributed by atoms with Gasteiger partial charge in [0.25, 0.3) is 0 Å². The number of hydrogen-bond donors (Lipinski definition) is 1. The molecule has 0 unspecified atom stereocenters. The lowest BCUT2D eigenvalue weighted by Gasteiger charge is -2.31. The van der Waals surface area contributed by atoms with E-state index in [2.05, 4.69) is 34.3 Å². The molecule has 2 amide bonds. The quantitative estimate of drug-likeness (QED) is 0.317. The predicted octanol–water partition coefficient (Wildman–Crippen LogP) is 6.58. The van der Waals surface area contributed by atoms with Crippen LogP contribution in [-0.2, 0) is 19.4 Å². The van der Waals surface area contributed by atoms with Crippen LogP contribution in [0.2, 0.25) is 0 Å². The number of ether oxygens (including phenoxy) is 3. The van der Waals surface area contributed by atoms with Crippen molar-refractivity contribution >= 4 is 23.1 Å². The van der Waals surface area contributed by atoms with E-state index in [4.69, 9.17) is 14.2 Å². The smallest absolute Gasteiger partial charge is 0.323 e. The third kappa shape index (κ3) is 4.19. The number of hydrogen-bond acceptors (Lipinski definition) is 5. The predicted molar refractivity (Wildman–Crippen MR) is 149 cm³/mol. The molecule has 6 rings (SSSR count). The van der Waals surface area contributed by atoms with Crippen molar-refractivity contribution in [1.29, 1.82) is 0 Å². The average molecular weight is 530 g/mol. The van der Waals surface area contributed by atoms with Crippen LogP contribution in [0.25, 0.3) is 5.00 Å². The fraction of sp³-hybridized carbons (Fsp3) is 0.300. The van der Waals surface area contributed by atoms with E-state index < -0.39 is 0 Å². The Bertz CT molecular complexity index is 1490. The molecular weight excluding hydrogens is 498 g/mol. The second kappa shape index (κ2) is 10.1. The molecule has 38 heavy (non-hydrogen) atoms. The molecule has 2 aromatic heterocycles. The topological polar surface area (TPSA) is 65.0 Å². The zero-order chi connectivity index (χ0) is 26.2. The Morgan fingerprint density at radius 1 is 0.921 bits per heavy atom. The largest absolute Gasteiger partial charge is 0.497 e. The van der Waals surface area contributed by atoms with Gasteiger partial charge in [0.15, 0.2) is 0 Å². The maximum absolute atomic E-state index is 14.2. The first-order valence-corrected chi connectivity index (χ1v) is 13.7. The van der Waals surface area contributed by atoms with Crippen LogP contribution in [0.15, 0.2) is 60.8 Å². The van der Waals surface area contributed by atoms with E-state index in [1.807, 2.05) is 46.6 Å². The summed E-state index contributed by atoms with van der Waals surface area (Å²) in [4.78, 5) is 17.6. The third-order valence-electron chi connectivity index (χ3n) is 7.50. The number of fused-ring (bicyclic) bond motifs is 5. The van der Waals surface area contributed by atoms with Crippen molar-refractivity contribution in [2.75, 3.05) is 26.6 Å². The van der Waals surface area contributed by atoms with Crippen LogP contribution in [0.4, 0.5) is 10.5 Å². The molecule has 7 nitrogen and oxygen atoms in total. The highest BCUT2D eigenvalue weighted by Crippen LogP contribution is 2.44. The second-order valence-electron chi connectivity index (χ2n) is 9.60. The number of thiophene rings is 1. The summed E-state index contributed by atoms with van der Waals surface area (Å²) in [5.41, 5.74) is 5.30. The molecule has 0 saturated heterocycles. The van der Waals surface area contributed by atoms with E-state index in [9.17, 15) is 4.79 Å². The van der Waals surface area contributed by atoms with Gasteiger partial charge in [0.2, 0.25) is 0 Å². The minimum atomic E-state index is -0.316. The zero-order valence-corrected chi connectivity index (χ0v) is 22.6. The number of urea groups is 1. The Morgan fingerprint density at radius 3 is 2.55 bits per heavy atom. The fourth-order valence-corrected chi connectivity index (χ4v) is 7.04. The van der Waals surface area contributed by atoms with Crippen molar-refractivity contribution in [3.05, 3.63) is 88.1 Å². The lowest BCUT2D eigenvalue weighted by molar-refractivity contribution is 0.194. The van der Waals surface area contributed by atoms with Crippen LogP contribution in [0.1, 0.15) is 46.1 Å². The number of anilines is 1. The normalized spacial score (nSPS) is 16.1. The number of nitrogens with zero attached hydrogens (tertiary/aromatic N) is 2. The van der Waals surface area contributed by atoms with Gasteiger partial charge < -0.3 is 29.0 Å². The number of methoxy groups -OCH3 is 3. The summed E-state index contributed by atoms with van der Waals surface area (Å²) in [6, 6.07) is 17.1. The lowest BCUT2D eigenvalue weighted by atomic mass is 9.95. The molecule has 8 heteroatoms. The summed E-state index contributed by atoms with van der Waals surface area (Å²) in [7, 11) is 4.86. The SMILES string of the molecule is COc1cccc([C@@H]2c3cccn3-c3sc4c(c3CN2C(=O)Nc2ccc(OC)cc2OC)CCCC4)c1. The Morgan fingerprint density at radius 2 is 1.74 bits per heavy atom. The van der Waals surface area contributed by atoms with E-state index in [0.717, 1.165) is 29.8 Å². The van der Waals surface area contributed by atoms with E-state index in [-0.39, 0.29) is 12.1 Å². The number of rotatable bonds is 5. The van der Waals surface area contributed by atoms with Gasteiger partial charge >= 0.3 is 6.03 Å². The number of aromatic nitrogens is 1. The van der Waals surface area contributed by atoms with Crippen LogP contribution in [0.5, 0.6) is 17.2 Å². The number of benzene rings is 2. The van der Waals surface area contributed by atoms with Crippen LogP contribution in [-0.4, -0.2) is 36.8 Å². The monoisotopic (exact) mass is 529 g/mol. The molecule has 1 aliphatic carbocycles. The molecular formula is C30H31N3O4S. The fourth-order valence-electron chi connectivity index (χ4n) is 5.64. The van der Waals surface area contributed by atoms with Gasteiger partial charge in [-0.15, -0.1) is 11.3 Å². The van der Waals surface area contributed by atoms with Crippen LogP contribution in [0.3, 0.4) is 0 Å². The van der Waals surface area contributed by atoms with Crippen LogP contribution in [0, 0.1) is 0 Å². The van der Waals surface area contributed by atoms with Crippen LogP contribution < -0.4 is 19.5 Å². The van der Waals surface area contributed by atoms with Gasteiger partial charge in [-0.05, 0) is 73.2 Å². The second-order valence-corrected chi connectivity index (χ2v) is 10.7. The standard InChI is InChI=1S/C30H31N3O4S/c1-35-20-9-6-8-19(16-20)28-25-11-7-15-32(25)29-23(22-10-4-5-12-27(22)38-29)18-33(28)30(34)31-24-14-13-21(36-2)17-26(24)37-3/h6-9,11,13-17,28H,4-5,10,12,18H2,1-3H3,(H,31,34)/t28-/m1/s1. The molecule has 196 valence electrons. The van der Waals surface area contributed by atoms with Gasteiger partial charge in [-0.25, -0.2) is 4.79 Å². The summed E-state index contributed by atoms with van der Waals surface area (Å²) in [5, 5.41) is 4.36. The van der Waals surface area contributed by atoms with Gasteiger partial charge in [-0.2, -0.15) is 0 Å². The molecule has 1 N–H and O–H groups in total. The minimum Gasteiger partial charge on any atom is -0.497 e. The summed E-state index contributed by atoms with van der Waals surface area (Å²) in [5.74, 6) is 1.97. The van der Waals surface area contributed by atoms with E-state index in [0.29, 0.717) is 23.7 Å². The van der Waals surface area contributed by atoms with Crippen molar-refractivity contribution < 1.29 is 19.0 Å². The number of carbonyl (C=O) groups is 1. The van der Waals surface area contributed by atoms with Gasteiger partial charge in [-0.1, -0.05) is 12.1 Å². The summed E-state index contributed by atoms with van der Waals surface area (Å²) in [6.07, 6.45) is 6.70. The Hall–Kier alpha value is -3.91. The number of aryl methyl sites for hydroxylation is 1.